The zero-order valence-corrected chi connectivity index (χ0v) is 10.5. The van der Waals surface area contributed by atoms with Gasteiger partial charge >= 0.3 is 5.97 Å². The number of hydrogen-bond acceptors (Lipinski definition) is 3. The molecule has 0 bridgehead atoms. The van der Waals surface area contributed by atoms with Crippen molar-refractivity contribution in [3.8, 4) is 0 Å². The molecular weight excluding hydrogens is 226 g/mol. The minimum atomic E-state index is -0.429. The summed E-state index contributed by atoms with van der Waals surface area (Å²) in [5.41, 5.74) is 1.10. The van der Waals surface area contributed by atoms with Crippen LogP contribution in [0.2, 0.25) is 0 Å². The molecule has 18 heavy (non-hydrogen) atoms. The van der Waals surface area contributed by atoms with Gasteiger partial charge in [-0.3, -0.25) is 4.99 Å². The van der Waals surface area contributed by atoms with E-state index < -0.39 is 5.97 Å². The van der Waals surface area contributed by atoms with Crippen molar-refractivity contribution in [2.24, 2.45) is 4.99 Å². The maximum atomic E-state index is 11.0. The molecule has 0 amide bonds. The first-order valence-electron chi connectivity index (χ1n) is 5.81. The minimum Gasteiger partial charge on any atom is -0.465 e. The van der Waals surface area contributed by atoms with Crippen LogP contribution in [0.4, 0.5) is 0 Å². The van der Waals surface area contributed by atoms with Gasteiger partial charge in [0.15, 0.2) is 0 Å². The lowest BCUT2D eigenvalue weighted by Gasteiger charge is -2.10. The summed E-state index contributed by atoms with van der Waals surface area (Å²) >= 11 is 0. The normalized spacial score (nSPS) is 12.8. The van der Waals surface area contributed by atoms with E-state index in [-0.39, 0.29) is 6.04 Å². The number of nitrogens with zero attached hydrogens (tertiary/aromatic N) is 1. The molecular formula is C15H15NO2. The largest absolute Gasteiger partial charge is 0.465 e. The standard InChI is InChI=1S/C15H15NO2/c1-11(16-10-15(17)18-2)13-9-5-7-12-6-3-4-8-14(12)13/h3-11H,1-2H3/t11-/m1/s1. The molecule has 3 heteroatoms. The van der Waals surface area contributed by atoms with Gasteiger partial charge in [-0.2, -0.15) is 0 Å². The SMILES string of the molecule is COC(=O)C=N[C@H](C)c1cccc2ccccc12. The van der Waals surface area contributed by atoms with Gasteiger partial charge in [0.1, 0.15) is 6.21 Å². The van der Waals surface area contributed by atoms with Gasteiger partial charge in [0.2, 0.25) is 0 Å². The van der Waals surface area contributed by atoms with Crippen molar-refractivity contribution in [3.05, 3.63) is 48.0 Å². The number of methoxy groups -OCH3 is 1. The highest BCUT2D eigenvalue weighted by atomic mass is 16.5. The van der Waals surface area contributed by atoms with Crippen LogP contribution in [-0.2, 0) is 9.53 Å². The first-order chi connectivity index (χ1) is 8.72. The Balaban J connectivity index is 2.36. The zero-order chi connectivity index (χ0) is 13.0. The number of carbonyl (C=O) groups excluding carboxylic acids is 1. The fourth-order valence-electron chi connectivity index (χ4n) is 1.92. The third kappa shape index (κ3) is 2.56. The van der Waals surface area contributed by atoms with Crippen LogP contribution in [0.25, 0.3) is 10.8 Å². The molecule has 0 saturated carbocycles. The smallest absolute Gasteiger partial charge is 0.348 e. The Kier molecular flexibility index (Phi) is 3.72. The monoisotopic (exact) mass is 241 g/mol. The molecule has 0 aliphatic rings. The molecule has 0 N–H and O–H groups in total. The van der Waals surface area contributed by atoms with Crippen molar-refractivity contribution in [2.45, 2.75) is 13.0 Å². The first-order valence-corrected chi connectivity index (χ1v) is 5.81. The lowest BCUT2D eigenvalue weighted by Crippen LogP contribution is -2.02. The topological polar surface area (TPSA) is 38.7 Å². The Bertz CT molecular complexity index is 585. The molecule has 0 fully saturated rings. The van der Waals surface area contributed by atoms with Crippen LogP contribution >= 0.6 is 0 Å². The molecule has 0 unspecified atom stereocenters. The highest BCUT2D eigenvalue weighted by Gasteiger charge is 2.07. The maximum Gasteiger partial charge on any atom is 0.348 e. The van der Waals surface area contributed by atoms with E-state index in [1.54, 1.807) is 0 Å². The number of carbonyl (C=O) groups is 1. The van der Waals surface area contributed by atoms with Gasteiger partial charge in [0.25, 0.3) is 0 Å². The van der Waals surface area contributed by atoms with Gasteiger partial charge in [0, 0.05) is 0 Å². The van der Waals surface area contributed by atoms with Crippen LogP contribution in [0.1, 0.15) is 18.5 Å². The number of esters is 1. The summed E-state index contributed by atoms with van der Waals surface area (Å²) in [6.07, 6.45) is 1.23. The third-order valence-corrected chi connectivity index (χ3v) is 2.88. The van der Waals surface area contributed by atoms with Gasteiger partial charge in [0.05, 0.1) is 13.2 Å². The second-order valence-corrected chi connectivity index (χ2v) is 4.05. The van der Waals surface area contributed by atoms with E-state index in [0.717, 1.165) is 10.9 Å². The van der Waals surface area contributed by atoms with Crippen LogP contribution in [0.3, 0.4) is 0 Å². The van der Waals surface area contributed by atoms with Gasteiger partial charge in [-0.15, -0.1) is 0 Å². The van der Waals surface area contributed by atoms with Crippen LogP contribution in [0, 0.1) is 0 Å². The molecule has 0 aliphatic carbocycles. The molecule has 0 aliphatic heterocycles. The average molecular weight is 241 g/mol. The van der Waals surface area contributed by atoms with Gasteiger partial charge in [-0.05, 0) is 23.3 Å². The first kappa shape index (κ1) is 12.3. The van der Waals surface area contributed by atoms with Crippen LogP contribution in [0.5, 0.6) is 0 Å². The number of benzene rings is 2. The summed E-state index contributed by atoms with van der Waals surface area (Å²) in [5.74, 6) is -0.429. The Hall–Kier alpha value is -2.16. The summed E-state index contributed by atoms with van der Waals surface area (Å²) < 4.78 is 4.54. The molecule has 1 atom stereocenters. The molecule has 3 nitrogen and oxygen atoms in total. The van der Waals surface area contributed by atoms with E-state index in [4.69, 9.17) is 0 Å². The van der Waals surface area contributed by atoms with Crippen molar-refractivity contribution in [3.63, 3.8) is 0 Å². The van der Waals surface area contributed by atoms with Crippen LogP contribution < -0.4 is 0 Å². The van der Waals surface area contributed by atoms with E-state index in [2.05, 4.69) is 27.9 Å². The number of hydrogen-bond donors (Lipinski definition) is 0. The second-order valence-electron chi connectivity index (χ2n) is 4.05. The van der Waals surface area contributed by atoms with Crippen LogP contribution in [0.15, 0.2) is 47.5 Å². The summed E-state index contributed by atoms with van der Waals surface area (Å²) in [7, 11) is 1.34. The Morgan fingerprint density at radius 2 is 1.94 bits per heavy atom. The molecule has 0 spiro atoms. The van der Waals surface area contributed by atoms with Crippen molar-refractivity contribution in [2.75, 3.05) is 7.11 Å². The molecule has 2 rings (SSSR count). The van der Waals surface area contributed by atoms with Crippen molar-refractivity contribution >= 4 is 23.0 Å². The fraction of sp³-hybridized carbons (Fsp3) is 0.200. The molecule has 2 aromatic rings. The van der Waals surface area contributed by atoms with Crippen LogP contribution in [-0.4, -0.2) is 19.3 Å². The number of fused-ring (bicyclic) bond motifs is 1. The summed E-state index contributed by atoms with van der Waals surface area (Å²) in [5, 5.41) is 2.34. The fourth-order valence-corrected chi connectivity index (χ4v) is 1.92. The lowest BCUT2D eigenvalue weighted by molar-refractivity contribution is -0.132. The van der Waals surface area contributed by atoms with Gasteiger partial charge in [-0.1, -0.05) is 42.5 Å². The molecule has 2 aromatic carbocycles. The van der Waals surface area contributed by atoms with Crippen molar-refractivity contribution in [1.82, 2.24) is 0 Å². The Morgan fingerprint density at radius 3 is 2.72 bits per heavy atom. The molecule has 0 radical (unpaired) electrons. The maximum absolute atomic E-state index is 11.0. The quantitative estimate of drug-likeness (QED) is 0.611. The Morgan fingerprint density at radius 1 is 1.22 bits per heavy atom. The molecule has 0 heterocycles. The number of aliphatic imine (C=N–C) groups is 1. The van der Waals surface area contributed by atoms with E-state index >= 15 is 0 Å². The predicted octanol–water partition coefficient (Wildman–Crippen LogP) is 3.14. The average Bonchev–Trinajstić information content (AvgIpc) is 2.43. The highest BCUT2D eigenvalue weighted by molar-refractivity contribution is 6.23. The molecule has 0 aromatic heterocycles. The molecule has 92 valence electrons. The predicted molar refractivity (Wildman–Crippen MR) is 72.9 cm³/mol. The van der Waals surface area contributed by atoms with E-state index in [0.29, 0.717) is 0 Å². The second kappa shape index (κ2) is 5.45. The molecule has 0 saturated heterocycles. The van der Waals surface area contributed by atoms with E-state index in [1.165, 1.54) is 18.7 Å². The zero-order valence-electron chi connectivity index (χ0n) is 10.5. The Labute approximate surface area is 106 Å². The van der Waals surface area contributed by atoms with Crippen molar-refractivity contribution < 1.29 is 9.53 Å². The summed E-state index contributed by atoms with van der Waals surface area (Å²) in [6.45, 7) is 1.96. The van der Waals surface area contributed by atoms with Gasteiger partial charge < -0.3 is 4.74 Å². The van der Waals surface area contributed by atoms with Crippen molar-refractivity contribution in [1.29, 1.82) is 0 Å². The van der Waals surface area contributed by atoms with E-state index in [1.807, 2.05) is 31.2 Å². The third-order valence-electron chi connectivity index (χ3n) is 2.88. The highest BCUT2D eigenvalue weighted by Crippen LogP contribution is 2.25. The van der Waals surface area contributed by atoms with Gasteiger partial charge in [-0.25, -0.2) is 4.79 Å². The number of ether oxygens (including phenoxy) is 1. The summed E-state index contributed by atoms with van der Waals surface area (Å²) in [6, 6.07) is 14.2. The number of rotatable bonds is 3. The lowest BCUT2D eigenvalue weighted by atomic mass is 10.0. The van der Waals surface area contributed by atoms with E-state index in [9.17, 15) is 4.79 Å². The minimum absolute atomic E-state index is 0.0739. The summed E-state index contributed by atoms with van der Waals surface area (Å²) in [4.78, 5) is 15.3.